The monoisotopic (exact) mass is 327 g/mol. The molecule has 3 rings (SSSR count). The zero-order valence-electron chi connectivity index (χ0n) is 14.6. The van der Waals surface area contributed by atoms with Gasteiger partial charge in [-0.15, -0.1) is 0 Å². The second-order valence-corrected chi connectivity index (χ2v) is 6.12. The molecule has 0 saturated carbocycles. The molecular formula is C23H21NO. The smallest absolute Gasteiger partial charge is 0.185 e. The van der Waals surface area contributed by atoms with Crippen LogP contribution in [0.2, 0.25) is 0 Å². The molecule has 0 heterocycles. The molecule has 0 aliphatic heterocycles. The highest BCUT2D eigenvalue weighted by Gasteiger charge is 2.12. The SMILES string of the molecule is C=CC(=O)c1ccc(N(c2ccc(C)cc2)c2ccc(C)cc2)cc1. The van der Waals surface area contributed by atoms with Crippen molar-refractivity contribution in [3.05, 3.63) is 102 Å². The lowest BCUT2D eigenvalue weighted by molar-refractivity contribution is 0.104. The first kappa shape index (κ1) is 16.7. The first-order valence-electron chi connectivity index (χ1n) is 8.29. The Kier molecular flexibility index (Phi) is 4.80. The summed E-state index contributed by atoms with van der Waals surface area (Å²) < 4.78 is 0. The van der Waals surface area contributed by atoms with Crippen molar-refractivity contribution in [3.63, 3.8) is 0 Å². The molecule has 0 fully saturated rings. The predicted octanol–water partition coefficient (Wildman–Crippen LogP) is 6.14. The Bertz CT molecular complexity index is 829. The molecule has 2 nitrogen and oxygen atoms in total. The van der Waals surface area contributed by atoms with E-state index in [0.717, 1.165) is 17.1 Å². The summed E-state index contributed by atoms with van der Waals surface area (Å²) in [5.41, 5.74) is 6.26. The van der Waals surface area contributed by atoms with Gasteiger partial charge in [-0.2, -0.15) is 0 Å². The number of rotatable bonds is 5. The van der Waals surface area contributed by atoms with Gasteiger partial charge in [-0.1, -0.05) is 42.0 Å². The lowest BCUT2D eigenvalue weighted by Crippen LogP contribution is -2.10. The zero-order chi connectivity index (χ0) is 17.8. The zero-order valence-corrected chi connectivity index (χ0v) is 14.6. The summed E-state index contributed by atoms with van der Waals surface area (Å²) in [5, 5.41) is 0. The Morgan fingerprint density at radius 2 is 1.08 bits per heavy atom. The number of hydrogen-bond acceptors (Lipinski definition) is 2. The van der Waals surface area contributed by atoms with Crippen LogP contribution in [-0.4, -0.2) is 5.78 Å². The topological polar surface area (TPSA) is 20.3 Å². The van der Waals surface area contributed by atoms with E-state index in [1.807, 2.05) is 24.3 Å². The second kappa shape index (κ2) is 7.18. The third kappa shape index (κ3) is 3.69. The van der Waals surface area contributed by atoms with E-state index in [4.69, 9.17) is 0 Å². The number of carbonyl (C=O) groups excluding carboxylic acids is 1. The third-order valence-corrected chi connectivity index (χ3v) is 4.18. The van der Waals surface area contributed by atoms with Gasteiger partial charge in [-0.05, 0) is 68.5 Å². The summed E-state index contributed by atoms with van der Waals surface area (Å²) in [6.07, 6.45) is 1.34. The lowest BCUT2D eigenvalue weighted by atomic mass is 10.1. The van der Waals surface area contributed by atoms with Crippen molar-refractivity contribution in [2.45, 2.75) is 13.8 Å². The standard InChI is InChI=1S/C23H21NO/c1-4-23(25)19-9-15-22(16-10-19)24(20-11-5-17(2)6-12-20)21-13-7-18(3)8-14-21/h4-16H,1H2,2-3H3. The van der Waals surface area contributed by atoms with Crippen molar-refractivity contribution in [2.75, 3.05) is 4.90 Å². The molecule has 0 amide bonds. The number of anilines is 3. The number of hydrogen-bond donors (Lipinski definition) is 0. The summed E-state index contributed by atoms with van der Waals surface area (Å²) in [7, 11) is 0. The molecule has 0 spiro atoms. The minimum absolute atomic E-state index is 0.0660. The fraction of sp³-hybridized carbons (Fsp3) is 0.0870. The molecule has 0 radical (unpaired) electrons. The summed E-state index contributed by atoms with van der Waals surface area (Å²) in [5.74, 6) is -0.0660. The summed E-state index contributed by atoms with van der Waals surface area (Å²) in [6, 6.07) is 24.5. The van der Waals surface area contributed by atoms with Crippen LogP contribution in [-0.2, 0) is 0 Å². The maximum absolute atomic E-state index is 11.8. The van der Waals surface area contributed by atoms with Gasteiger partial charge in [-0.3, -0.25) is 4.79 Å². The molecule has 0 atom stereocenters. The van der Waals surface area contributed by atoms with E-state index in [-0.39, 0.29) is 5.78 Å². The number of allylic oxidation sites excluding steroid dienone is 1. The maximum Gasteiger partial charge on any atom is 0.185 e. The van der Waals surface area contributed by atoms with Crippen LogP contribution >= 0.6 is 0 Å². The molecule has 3 aromatic rings. The van der Waals surface area contributed by atoms with Gasteiger partial charge in [0.1, 0.15) is 0 Å². The van der Waals surface area contributed by atoms with Crippen molar-refractivity contribution in [3.8, 4) is 0 Å². The highest BCUT2D eigenvalue weighted by atomic mass is 16.1. The van der Waals surface area contributed by atoms with Gasteiger partial charge in [0, 0.05) is 22.6 Å². The van der Waals surface area contributed by atoms with Crippen molar-refractivity contribution in [2.24, 2.45) is 0 Å². The molecule has 124 valence electrons. The van der Waals surface area contributed by atoms with Gasteiger partial charge < -0.3 is 4.90 Å². The van der Waals surface area contributed by atoms with Crippen LogP contribution in [0.3, 0.4) is 0 Å². The number of ketones is 1. The quantitative estimate of drug-likeness (QED) is 0.414. The number of aryl methyl sites for hydroxylation is 2. The van der Waals surface area contributed by atoms with Crippen LogP contribution in [0.1, 0.15) is 21.5 Å². The summed E-state index contributed by atoms with van der Waals surface area (Å²) >= 11 is 0. The number of benzene rings is 3. The minimum atomic E-state index is -0.0660. The normalized spacial score (nSPS) is 10.3. The van der Waals surface area contributed by atoms with Gasteiger partial charge >= 0.3 is 0 Å². The second-order valence-electron chi connectivity index (χ2n) is 6.12. The van der Waals surface area contributed by atoms with Gasteiger partial charge in [0.25, 0.3) is 0 Å². The molecule has 2 heteroatoms. The molecule has 0 bridgehead atoms. The van der Waals surface area contributed by atoms with E-state index >= 15 is 0 Å². The molecule has 25 heavy (non-hydrogen) atoms. The van der Waals surface area contributed by atoms with E-state index in [9.17, 15) is 4.79 Å². The van der Waals surface area contributed by atoms with Crippen molar-refractivity contribution in [1.29, 1.82) is 0 Å². The van der Waals surface area contributed by atoms with E-state index in [1.54, 1.807) is 0 Å². The van der Waals surface area contributed by atoms with Crippen molar-refractivity contribution in [1.82, 2.24) is 0 Å². The molecule has 0 aromatic heterocycles. The average Bonchev–Trinajstić information content (AvgIpc) is 2.65. The van der Waals surface area contributed by atoms with Gasteiger partial charge in [0.15, 0.2) is 5.78 Å². The first-order valence-corrected chi connectivity index (χ1v) is 8.29. The van der Waals surface area contributed by atoms with E-state index in [1.165, 1.54) is 17.2 Å². The van der Waals surface area contributed by atoms with Crippen molar-refractivity contribution < 1.29 is 4.79 Å². The van der Waals surface area contributed by atoms with Crippen molar-refractivity contribution >= 4 is 22.8 Å². The van der Waals surface area contributed by atoms with E-state index < -0.39 is 0 Å². The van der Waals surface area contributed by atoms with Crippen LogP contribution in [0, 0.1) is 13.8 Å². The molecule has 0 unspecified atom stereocenters. The highest BCUT2D eigenvalue weighted by molar-refractivity contribution is 6.04. The maximum atomic E-state index is 11.8. The predicted molar refractivity (Wildman–Crippen MR) is 105 cm³/mol. The number of nitrogens with zero attached hydrogens (tertiary/aromatic N) is 1. The highest BCUT2D eigenvalue weighted by Crippen LogP contribution is 2.34. The molecular weight excluding hydrogens is 306 g/mol. The molecule has 0 saturated heterocycles. The van der Waals surface area contributed by atoms with E-state index in [0.29, 0.717) is 5.56 Å². The Morgan fingerprint density at radius 1 is 0.720 bits per heavy atom. The van der Waals surface area contributed by atoms with Crippen LogP contribution in [0.4, 0.5) is 17.1 Å². The Hall–Kier alpha value is -3.13. The molecule has 0 aliphatic rings. The van der Waals surface area contributed by atoms with Crippen LogP contribution < -0.4 is 4.90 Å². The Morgan fingerprint density at radius 3 is 1.44 bits per heavy atom. The average molecular weight is 327 g/mol. The third-order valence-electron chi connectivity index (χ3n) is 4.18. The van der Waals surface area contributed by atoms with Gasteiger partial charge in [0.2, 0.25) is 0 Å². The fourth-order valence-corrected chi connectivity index (χ4v) is 2.73. The first-order chi connectivity index (χ1) is 12.1. The van der Waals surface area contributed by atoms with Crippen LogP contribution in [0.25, 0.3) is 0 Å². The summed E-state index contributed by atoms with van der Waals surface area (Å²) in [4.78, 5) is 14.0. The largest absolute Gasteiger partial charge is 0.311 e. The molecule has 0 aliphatic carbocycles. The lowest BCUT2D eigenvalue weighted by Gasteiger charge is -2.25. The fourth-order valence-electron chi connectivity index (χ4n) is 2.73. The summed E-state index contributed by atoms with van der Waals surface area (Å²) in [6.45, 7) is 7.70. The van der Waals surface area contributed by atoms with Crippen LogP contribution in [0.5, 0.6) is 0 Å². The Labute approximate surface area is 149 Å². The Balaban J connectivity index is 2.07. The number of carbonyl (C=O) groups is 1. The minimum Gasteiger partial charge on any atom is -0.311 e. The van der Waals surface area contributed by atoms with E-state index in [2.05, 4.69) is 73.9 Å². The molecule has 3 aromatic carbocycles. The van der Waals surface area contributed by atoms with Crippen LogP contribution in [0.15, 0.2) is 85.5 Å². The van der Waals surface area contributed by atoms with Gasteiger partial charge in [0.05, 0.1) is 0 Å². The molecule has 0 N–H and O–H groups in total. The van der Waals surface area contributed by atoms with Gasteiger partial charge in [-0.25, -0.2) is 0 Å².